The van der Waals surface area contributed by atoms with Crippen molar-refractivity contribution < 1.29 is 4.74 Å². The molecule has 2 heteroatoms. The Kier molecular flexibility index (Phi) is 2.44. The molecule has 0 bridgehead atoms. The van der Waals surface area contributed by atoms with E-state index < -0.39 is 0 Å². The molecule has 76 valence electrons. The number of hydrogen-bond donors (Lipinski definition) is 0. The van der Waals surface area contributed by atoms with Crippen molar-refractivity contribution in [3.05, 3.63) is 23.5 Å². The lowest BCUT2D eigenvalue weighted by Gasteiger charge is -2.13. The second-order valence-corrected chi connectivity index (χ2v) is 4.34. The van der Waals surface area contributed by atoms with Crippen molar-refractivity contribution in [1.82, 2.24) is 4.98 Å². The SMILES string of the molecule is Cc1cc(OC2CC2)c(C(C)C)cn1. The van der Waals surface area contributed by atoms with Crippen LogP contribution in [0.4, 0.5) is 0 Å². The molecule has 2 rings (SSSR count). The predicted molar refractivity (Wildman–Crippen MR) is 56.7 cm³/mol. The van der Waals surface area contributed by atoms with Gasteiger partial charge in [0.2, 0.25) is 0 Å². The normalized spacial score (nSPS) is 16.0. The van der Waals surface area contributed by atoms with Gasteiger partial charge in [-0.2, -0.15) is 0 Å². The molecule has 1 heterocycles. The Labute approximate surface area is 85.3 Å². The molecule has 1 fully saturated rings. The van der Waals surface area contributed by atoms with Crippen LogP contribution in [0.1, 0.15) is 43.9 Å². The Balaban J connectivity index is 2.27. The van der Waals surface area contributed by atoms with Gasteiger partial charge in [0.15, 0.2) is 0 Å². The topological polar surface area (TPSA) is 22.1 Å². The summed E-state index contributed by atoms with van der Waals surface area (Å²) in [6, 6.07) is 2.05. The van der Waals surface area contributed by atoms with Gasteiger partial charge in [0.05, 0.1) is 6.10 Å². The van der Waals surface area contributed by atoms with E-state index in [0.717, 1.165) is 11.4 Å². The molecule has 14 heavy (non-hydrogen) atoms. The lowest BCUT2D eigenvalue weighted by molar-refractivity contribution is 0.298. The highest BCUT2D eigenvalue weighted by Gasteiger charge is 2.25. The number of aryl methyl sites for hydroxylation is 1. The molecule has 0 radical (unpaired) electrons. The highest BCUT2D eigenvalue weighted by molar-refractivity contribution is 5.35. The zero-order valence-corrected chi connectivity index (χ0v) is 9.08. The van der Waals surface area contributed by atoms with Crippen LogP contribution in [0, 0.1) is 6.92 Å². The third kappa shape index (κ3) is 2.06. The lowest BCUT2D eigenvalue weighted by Crippen LogP contribution is -2.02. The number of pyridine rings is 1. The Bertz CT molecular complexity index is 329. The summed E-state index contributed by atoms with van der Waals surface area (Å²) in [5, 5.41) is 0. The molecule has 0 saturated heterocycles. The first-order valence-corrected chi connectivity index (χ1v) is 5.30. The molecule has 0 N–H and O–H groups in total. The molecular formula is C12H17NO. The van der Waals surface area contributed by atoms with E-state index in [0.29, 0.717) is 12.0 Å². The Morgan fingerprint density at radius 2 is 2.14 bits per heavy atom. The van der Waals surface area contributed by atoms with Gasteiger partial charge >= 0.3 is 0 Å². The van der Waals surface area contributed by atoms with Crippen LogP contribution in [-0.4, -0.2) is 11.1 Å². The number of aromatic nitrogens is 1. The van der Waals surface area contributed by atoms with E-state index in [1.54, 1.807) is 0 Å². The molecule has 1 aliphatic carbocycles. The Morgan fingerprint density at radius 1 is 1.43 bits per heavy atom. The first kappa shape index (κ1) is 9.50. The maximum absolute atomic E-state index is 5.86. The first-order chi connectivity index (χ1) is 6.66. The average Bonchev–Trinajstić information content (AvgIpc) is 2.87. The third-order valence-corrected chi connectivity index (χ3v) is 2.47. The summed E-state index contributed by atoms with van der Waals surface area (Å²) in [4.78, 5) is 4.31. The highest BCUT2D eigenvalue weighted by atomic mass is 16.5. The van der Waals surface area contributed by atoms with E-state index >= 15 is 0 Å². The lowest BCUT2D eigenvalue weighted by atomic mass is 10.0. The van der Waals surface area contributed by atoms with Gasteiger partial charge in [0.25, 0.3) is 0 Å². The van der Waals surface area contributed by atoms with Crippen molar-refractivity contribution in [3.8, 4) is 5.75 Å². The minimum atomic E-state index is 0.467. The molecule has 0 atom stereocenters. The summed E-state index contributed by atoms with van der Waals surface area (Å²) in [6.45, 7) is 6.35. The molecule has 0 unspecified atom stereocenters. The Morgan fingerprint density at radius 3 is 2.71 bits per heavy atom. The summed E-state index contributed by atoms with van der Waals surface area (Å²) >= 11 is 0. The minimum Gasteiger partial charge on any atom is -0.490 e. The monoisotopic (exact) mass is 191 g/mol. The molecule has 1 saturated carbocycles. The highest BCUT2D eigenvalue weighted by Crippen LogP contribution is 2.32. The van der Waals surface area contributed by atoms with Crippen molar-refractivity contribution in [1.29, 1.82) is 0 Å². The van der Waals surface area contributed by atoms with Crippen molar-refractivity contribution in [2.24, 2.45) is 0 Å². The fourth-order valence-electron chi connectivity index (χ4n) is 1.45. The molecule has 1 aromatic rings. The molecule has 1 aromatic heterocycles. The summed E-state index contributed by atoms with van der Waals surface area (Å²) in [5.74, 6) is 1.52. The van der Waals surface area contributed by atoms with Crippen molar-refractivity contribution in [2.45, 2.75) is 45.6 Å². The van der Waals surface area contributed by atoms with Crippen LogP contribution >= 0.6 is 0 Å². The standard InChI is InChI=1S/C12H17NO/c1-8(2)11-7-13-9(3)6-12(11)14-10-4-5-10/h6-8,10H,4-5H2,1-3H3. The second-order valence-electron chi connectivity index (χ2n) is 4.34. The van der Waals surface area contributed by atoms with E-state index in [1.165, 1.54) is 18.4 Å². The summed E-state index contributed by atoms with van der Waals surface area (Å²) in [6.07, 6.45) is 4.82. The van der Waals surface area contributed by atoms with Gasteiger partial charge in [-0.25, -0.2) is 0 Å². The van der Waals surface area contributed by atoms with E-state index in [4.69, 9.17) is 4.74 Å². The number of rotatable bonds is 3. The van der Waals surface area contributed by atoms with Gasteiger partial charge in [-0.3, -0.25) is 4.98 Å². The van der Waals surface area contributed by atoms with Crippen molar-refractivity contribution in [2.75, 3.05) is 0 Å². The zero-order chi connectivity index (χ0) is 10.1. The fourth-order valence-corrected chi connectivity index (χ4v) is 1.45. The van der Waals surface area contributed by atoms with Gasteiger partial charge < -0.3 is 4.74 Å². The number of hydrogen-bond acceptors (Lipinski definition) is 2. The number of nitrogens with zero attached hydrogens (tertiary/aromatic N) is 1. The summed E-state index contributed by atoms with van der Waals surface area (Å²) in [5.41, 5.74) is 2.26. The van der Waals surface area contributed by atoms with Crippen LogP contribution in [-0.2, 0) is 0 Å². The molecule has 2 nitrogen and oxygen atoms in total. The molecular weight excluding hydrogens is 174 g/mol. The molecule has 0 spiro atoms. The van der Waals surface area contributed by atoms with Gasteiger partial charge in [-0.1, -0.05) is 13.8 Å². The average molecular weight is 191 g/mol. The largest absolute Gasteiger partial charge is 0.490 e. The van der Waals surface area contributed by atoms with Crippen LogP contribution in [0.5, 0.6) is 5.75 Å². The van der Waals surface area contributed by atoms with Crippen LogP contribution in [0.15, 0.2) is 12.3 Å². The second kappa shape index (κ2) is 3.60. The van der Waals surface area contributed by atoms with Gasteiger partial charge in [-0.15, -0.1) is 0 Å². The maximum atomic E-state index is 5.86. The third-order valence-electron chi connectivity index (χ3n) is 2.47. The van der Waals surface area contributed by atoms with Crippen LogP contribution < -0.4 is 4.74 Å². The molecule has 0 amide bonds. The van der Waals surface area contributed by atoms with Crippen LogP contribution in [0.25, 0.3) is 0 Å². The van der Waals surface area contributed by atoms with Crippen molar-refractivity contribution in [3.63, 3.8) is 0 Å². The van der Waals surface area contributed by atoms with E-state index in [9.17, 15) is 0 Å². The van der Waals surface area contributed by atoms with E-state index in [1.807, 2.05) is 19.2 Å². The van der Waals surface area contributed by atoms with Gasteiger partial charge in [-0.05, 0) is 25.7 Å². The molecule has 0 aromatic carbocycles. The predicted octanol–water partition coefficient (Wildman–Crippen LogP) is 3.05. The minimum absolute atomic E-state index is 0.467. The Hall–Kier alpha value is -1.05. The fraction of sp³-hybridized carbons (Fsp3) is 0.583. The van der Waals surface area contributed by atoms with Crippen LogP contribution in [0.2, 0.25) is 0 Å². The van der Waals surface area contributed by atoms with Gasteiger partial charge in [0, 0.05) is 23.5 Å². The summed E-state index contributed by atoms with van der Waals surface area (Å²) < 4.78 is 5.86. The molecule has 1 aliphatic rings. The van der Waals surface area contributed by atoms with E-state index in [2.05, 4.69) is 18.8 Å². The van der Waals surface area contributed by atoms with Crippen molar-refractivity contribution >= 4 is 0 Å². The van der Waals surface area contributed by atoms with E-state index in [-0.39, 0.29) is 0 Å². The van der Waals surface area contributed by atoms with Crippen LogP contribution in [0.3, 0.4) is 0 Å². The van der Waals surface area contributed by atoms with Gasteiger partial charge in [0.1, 0.15) is 5.75 Å². The quantitative estimate of drug-likeness (QED) is 0.732. The smallest absolute Gasteiger partial charge is 0.126 e. The first-order valence-electron chi connectivity index (χ1n) is 5.30. The molecule has 0 aliphatic heterocycles. The number of ether oxygens (including phenoxy) is 1. The maximum Gasteiger partial charge on any atom is 0.126 e. The summed E-state index contributed by atoms with van der Waals surface area (Å²) in [7, 11) is 0. The zero-order valence-electron chi connectivity index (χ0n) is 9.08.